The fourth-order valence-electron chi connectivity index (χ4n) is 3.89. The highest BCUT2D eigenvalue weighted by Crippen LogP contribution is 2.33. The number of aryl methyl sites for hydroxylation is 1. The molecule has 9 nitrogen and oxygen atoms in total. The summed E-state index contributed by atoms with van der Waals surface area (Å²) in [5.41, 5.74) is 0.537. The van der Waals surface area contributed by atoms with Crippen LogP contribution in [0.1, 0.15) is 49.8 Å². The molecule has 1 fully saturated rings. The molecule has 1 saturated heterocycles. The Balaban J connectivity index is 1.50. The maximum absolute atomic E-state index is 12.8. The average Bonchev–Trinajstić information content (AvgIpc) is 3.23. The maximum Gasteiger partial charge on any atom is 0.322 e. The number of urea groups is 1. The predicted molar refractivity (Wildman–Crippen MR) is 98.4 cm³/mol. The van der Waals surface area contributed by atoms with Gasteiger partial charge < -0.3 is 14.8 Å². The van der Waals surface area contributed by atoms with Crippen LogP contribution in [0.4, 0.5) is 16.2 Å². The van der Waals surface area contributed by atoms with Crippen LogP contribution >= 0.6 is 0 Å². The molecule has 0 aliphatic carbocycles. The van der Waals surface area contributed by atoms with E-state index in [-0.39, 0.29) is 17.8 Å². The molecule has 2 aliphatic heterocycles. The van der Waals surface area contributed by atoms with Crippen molar-refractivity contribution in [1.82, 2.24) is 19.7 Å². The van der Waals surface area contributed by atoms with Crippen LogP contribution in [0.25, 0.3) is 0 Å². The highest BCUT2D eigenvalue weighted by molar-refractivity contribution is 5.89. The average molecular weight is 370 g/mol. The van der Waals surface area contributed by atoms with Gasteiger partial charge in [0.25, 0.3) is 5.69 Å². The number of nitro benzene ring substituents is 1. The smallest absolute Gasteiger partial charge is 0.314 e. The first-order valence-electron chi connectivity index (χ1n) is 9.37. The first-order valence-corrected chi connectivity index (χ1v) is 9.37. The third-order valence-electron chi connectivity index (χ3n) is 5.28. The first kappa shape index (κ1) is 17.4. The van der Waals surface area contributed by atoms with Crippen molar-refractivity contribution in [2.24, 2.45) is 0 Å². The molecule has 0 radical (unpaired) electrons. The number of non-ortho nitro benzene ring substituents is 1. The van der Waals surface area contributed by atoms with Crippen molar-refractivity contribution in [3.8, 4) is 0 Å². The van der Waals surface area contributed by atoms with Crippen LogP contribution in [0.5, 0.6) is 0 Å². The predicted octanol–water partition coefficient (Wildman–Crippen LogP) is 3.28. The number of fused-ring (bicyclic) bond motifs is 1. The number of nitrogens with one attached hydrogen (secondary N) is 1. The van der Waals surface area contributed by atoms with Crippen molar-refractivity contribution in [3.63, 3.8) is 0 Å². The van der Waals surface area contributed by atoms with Crippen molar-refractivity contribution in [1.29, 1.82) is 0 Å². The summed E-state index contributed by atoms with van der Waals surface area (Å²) < 4.78 is 2.19. The van der Waals surface area contributed by atoms with E-state index in [1.807, 2.05) is 0 Å². The molecule has 0 saturated carbocycles. The van der Waals surface area contributed by atoms with Crippen LogP contribution in [-0.4, -0.2) is 37.2 Å². The SMILES string of the molecule is O=C(Nc1ccc([N+](=O)[O-])cc1)N1CCC[C@@H]1c1nnc2n1CCCCC2. The minimum absolute atomic E-state index is 0.00167. The van der Waals surface area contributed by atoms with Gasteiger partial charge in [-0.05, 0) is 37.8 Å². The molecule has 0 unspecified atom stereocenters. The number of rotatable bonds is 3. The van der Waals surface area contributed by atoms with Crippen molar-refractivity contribution >= 4 is 17.4 Å². The molecule has 2 amide bonds. The number of carbonyl (C=O) groups is 1. The Labute approximate surface area is 156 Å². The quantitative estimate of drug-likeness (QED) is 0.659. The number of benzene rings is 1. The minimum Gasteiger partial charge on any atom is -0.314 e. The normalized spacial score (nSPS) is 19.4. The number of hydrogen-bond acceptors (Lipinski definition) is 5. The Kier molecular flexibility index (Phi) is 4.74. The summed E-state index contributed by atoms with van der Waals surface area (Å²) in [7, 11) is 0. The lowest BCUT2D eigenvalue weighted by Crippen LogP contribution is -2.35. The Morgan fingerprint density at radius 3 is 2.70 bits per heavy atom. The van der Waals surface area contributed by atoms with Gasteiger partial charge >= 0.3 is 6.03 Å². The highest BCUT2D eigenvalue weighted by atomic mass is 16.6. The summed E-state index contributed by atoms with van der Waals surface area (Å²) in [6, 6.07) is 5.57. The molecular formula is C18H22N6O3. The van der Waals surface area contributed by atoms with Crippen molar-refractivity contribution in [2.75, 3.05) is 11.9 Å². The Morgan fingerprint density at radius 1 is 1.11 bits per heavy atom. The summed E-state index contributed by atoms with van der Waals surface area (Å²) in [5.74, 6) is 1.90. The van der Waals surface area contributed by atoms with Crippen LogP contribution in [0.3, 0.4) is 0 Å². The molecule has 1 N–H and O–H groups in total. The number of likely N-dealkylation sites (tertiary alicyclic amines) is 1. The molecule has 2 aromatic rings. The molecule has 0 bridgehead atoms. The Morgan fingerprint density at radius 2 is 1.93 bits per heavy atom. The van der Waals surface area contributed by atoms with Crippen LogP contribution in [0.2, 0.25) is 0 Å². The number of aromatic nitrogens is 3. The standard InChI is InChI=1S/C18H22N6O3/c25-18(19-13-7-9-14(10-8-13)24(26)27)22-12-4-5-15(22)17-21-20-16-6-2-1-3-11-23(16)17/h7-10,15H,1-6,11-12H2,(H,19,25)/t15-/m1/s1. The van der Waals surface area contributed by atoms with Gasteiger partial charge in [0, 0.05) is 37.3 Å². The van der Waals surface area contributed by atoms with Gasteiger partial charge in [-0.3, -0.25) is 10.1 Å². The summed E-state index contributed by atoms with van der Waals surface area (Å²) >= 11 is 0. The number of hydrogen-bond donors (Lipinski definition) is 1. The lowest BCUT2D eigenvalue weighted by Gasteiger charge is -2.25. The van der Waals surface area contributed by atoms with E-state index in [4.69, 9.17) is 0 Å². The fraction of sp³-hybridized carbons (Fsp3) is 0.500. The highest BCUT2D eigenvalue weighted by Gasteiger charge is 2.34. The van der Waals surface area contributed by atoms with Gasteiger partial charge in [-0.15, -0.1) is 10.2 Å². The van der Waals surface area contributed by atoms with Gasteiger partial charge in [-0.1, -0.05) is 6.42 Å². The second-order valence-corrected chi connectivity index (χ2v) is 7.02. The molecule has 142 valence electrons. The van der Waals surface area contributed by atoms with Crippen LogP contribution < -0.4 is 5.32 Å². The Bertz CT molecular complexity index is 847. The molecule has 4 rings (SSSR count). The van der Waals surface area contributed by atoms with E-state index < -0.39 is 4.92 Å². The van der Waals surface area contributed by atoms with E-state index in [9.17, 15) is 14.9 Å². The fourth-order valence-corrected chi connectivity index (χ4v) is 3.89. The second kappa shape index (κ2) is 7.34. The zero-order valence-corrected chi connectivity index (χ0v) is 15.0. The van der Waals surface area contributed by atoms with E-state index >= 15 is 0 Å². The monoisotopic (exact) mass is 370 g/mol. The molecule has 2 aliphatic rings. The second-order valence-electron chi connectivity index (χ2n) is 7.02. The summed E-state index contributed by atoms with van der Waals surface area (Å²) in [6.07, 6.45) is 6.16. The van der Waals surface area contributed by atoms with E-state index in [0.717, 1.165) is 50.3 Å². The molecule has 0 spiro atoms. The maximum atomic E-state index is 12.8. The molecule has 3 heterocycles. The van der Waals surface area contributed by atoms with Crippen molar-refractivity contribution in [2.45, 2.75) is 51.1 Å². The lowest BCUT2D eigenvalue weighted by atomic mass is 10.2. The van der Waals surface area contributed by atoms with E-state index in [1.54, 1.807) is 17.0 Å². The van der Waals surface area contributed by atoms with Gasteiger partial charge in [0.05, 0.1) is 11.0 Å². The number of anilines is 1. The number of nitrogens with zero attached hydrogens (tertiary/aromatic N) is 5. The zero-order valence-electron chi connectivity index (χ0n) is 15.0. The number of nitro groups is 1. The van der Waals surface area contributed by atoms with Gasteiger partial charge in [0.2, 0.25) is 0 Å². The molecule has 1 aromatic carbocycles. The zero-order chi connectivity index (χ0) is 18.8. The van der Waals surface area contributed by atoms with E-state index in [0.29, 0.717) is 12.2 Å². The molecule has 1 aromatic heterocycles. The third-order valence-corrected chi connectivity index (χ3v) is 5.28. The summed E-state index contributed by atoms with van der Waals surface area (Å²) in [4.78, 5) is 24.9. The van der Waals surface area contributed by atoms with E-state index in [2.05, 4.69) is 20.1 Å². The number of amides is 2. The molecule has 27 heavy (non-hydrogen) atoms. The van der Waals surface area contributed by atoms with Crippen molar-refractivity contribution in [3.05, 3.63) is 46.0 Å². The lowest BCUT2D eigenvalue weighted by molar-refractivity contribution is -0.384. The topological polar surface area (TPSA) is 106 Å². The minimum atomic E-state index is -0.459. The summed E-state index contributed by atoms with van der Waals surface area (Å²) in [5, 5.41) is 22.4. The molecule has 9 heteroatoms. The van der Waals surface area contributed by atoms with Gasteiger partial charge in [0.15, 0.2) is 5.82 Å². The largest absolute Gasteiger partial charge is 0.322 e. The van der Waals surface area contributed by atoms with Gasteiger partial charge in [-0.25, -0.2) is 4.79 Å². The first-order chi connectivity index (χ1) is 13.1. The van der Waals surface area contributed by atoms with Gasteiger partial charge in [-0.2, -0.15) is 0 Å². The van der Waals surface area contributed by atoms with Crippen LogP contribution in [-0.2, 0) is 13.0 Å². The Hall–Kier alpha value is -2.97. The number of carbonyl (C=O) groups excluding carboxylic acids is 1. The summed E-state index contributed by atoms with van der Waals surface area (Å²) in [6.45, 7) is 1.57. The van der Waals surface area contributed by atoms with Crippen LogP contribution in [0, 0.1) is 10.1 Å². The molecule has 1 atom stereocenters. The van der Waals surface area contributed by atoms with Gasteiger partial charge in [0.1, 0.15) is 5.82 Å². The van der Waals surface area contributed by atoms with Crippen LogP contribution in [0.15, 0.2) is 24.3 Å². The third kappa shape index (κ3) is 3.49. The molecular weight excluding hydrogens is 348 g/mol. The van der Waals surface area contributed by atoms with E-state index in [1.165, 1.54) is 18.6 Å². The van der Waals surface area contributed by atoms with Crippen molar-refractivity contribution < 1.29 is 9.72 Å².